The highest BCUT2D eigenvalue weighted by molar-refractivity contribution is 6.00. The van der Waals surface area contributed by atoms with Crippen molar-refractivity contribution in [2.24, 2.45) is 11.5 Å². The number of carbonyl (C=O) groups is 15. The fraction of sp³-hybridized carbons (Fsp3) is 0.643. The van der Waals surface area contributed by atoms with E-state index in [1.165, 1.54) is 0 Å². The summed E-state index contributed by atoms with van der Waals surface area (Å²) in [4.78, 5) is 191. The highest BCUT2D eigenvalue weighted by Gasteiger charge is 2.42. The largest absolute Gasteiger partial charge is 0.481 e. The van der Waals surface area contributed by atoms with Crippen LogP contribution < -0.4 is 59.3 Å². The van der Waals surface area contributed by atoms with Gasteiger partial charge in [-0.25, -0.2) is 0 Å². The fourth-order valence-electron chi connectivity index (χ4n) is 6.99. The van der Waals surface area contributed by atoms with E-state index >= 15 is 0 Å². The molecule has 1 aliphatic rings. The van der Waals surface area contributed by atoms with E-state index in [0.717, 1.165) is 39.5 Å². The van der Waals surface area contributed by atoms with Gasteiger partial charge in [0.05, 0.1) is 31.7 Å². The zero-order valence-electron chi connectivity index (χ0n) is 41.4. The van der Waals surface area contributed by atoms with Gasteiger partial charge in [-0.3, -0.25) is 71.9 Å². The zero-order valence-corrected chi connectivity index (χ0v) is 41.4. The first-order valence-corrected chi connectivity index (χ1v) is 23.0. The molecule has 1 aliphatic heterocycles. The number of likely N-dealkylation sites (tertiary alicyclic amines) is 1. The second-order valence-corrected chi connectivity index (χ2v) is 17.3. The summed E-state index contributed by atoms with van der Waals surface area (Å²) in [6.45, 7) is 4.32. The topological polar surface area (TPSA) is 541 Å². The number of carboxylic acids is 3. The Kier molecular flexibility index (Phi) is 26.7. The molecule has 0 radical (unpaired) electrons. The van der Waals surface area contributed by atoms with Gasteiger partial charge >= 0.3 is 17.9 Å². The standard InChI is InChI=1S/C42H66N12O21/c1-16(45-38(71)23(13-29(62)63)50-36(69)21(8-10-27(43)59)49-41(74)31(18(3)56)47-20(5)58)34(67)48-22(9-11-28(60)61)37(70)51-24(14-30(64)65)42(75)54-12-6-7-26(54)39(72)53-32(19(4)57)40(73)46-17(2)35(68)52-25(15-55)33(44)66/h16-19,21-26,31-32,55-57H,6-15H2,1-5H3,(H2,43,59)(H2,44,66)(H,45,71)(H,46,73)(H,47,58)(H,48,67)(H,49,74)(H,50,69)(H,51,70)(H,52,68)(H,53,72)(H,60,61)(H,62,63)(H,64,65)/t16-,17-,18+,19+,21-,22-,23-,24-,25-,26-,31-,32-/m0/s1. The number of rotatable bonds is 32. The van der Waals surface area contributed by atoms with Crippen molar-refractivity contribution in [3.05, 3.63) is 0 Å². The maximum Gasteiger partial charge on any atom is 0.305 e. The summed E-state index contributed by atoms with van der Waals surface area (Å²) in [5, 5.41) is 77.6. The van der Waals surface area contributed by atoms with Crippen molar-refractivity contribution in [3.8, 4) is 0 Å². The predicted octanol–water partition coefficient (Wildman–Crippen LogP) is -9.28. The van der Waals surface area contributed by atoms with Crippen molar-refractivity contribution in [2.45, 2.75) is 159 Å². The molecule has 33 nitrogen and oxygen atoms in total. The van der Waals surface area contributed by atoms with Crippen LogP contribution in [0.5, 0.6) is 0 Å². The van der Waals surface area contributed by atoms with E-state index < -0.39 is 207 Å². The normalized spacial score (nSPS) is 17.3. The summed E-state index contributed by atoms with van der Waals surface area (Å²) in [7, 11) is 0. The molecule has 0 aromatic rings. The molecular formula is C42H66N12O21. The average molecular weight is 1080 g/mol. The van der Waals surface area contributed by atoms with Crippen LogP contribution in [0.25, 0.3) is 0 Å². The number of amides is 12. The van der Waals surface area contributed by atoms with Gasteiger partial charge in [0.25, 0.3) is 0 Å². The van der Waals surface area contributed by atoms with Crippen LogP contribution in [0.4, 0.5) is 0 Å². The number of nitrogens with two attached hydrogens (primary N) is 2. The number of carboxylic acid groups (broad SMARTS) is 3. The molecule has 33 heteroatoms. The van der Waals surface area contributed by atoms with Crippen molar-refractivity contribution in [2.75, 3.05) is 13.2 Å². The number of hydrogen-bond donors (Lipinski definition) is 17. The highest BCUT2D eigenvalue weighted by Crippen LogP contribution is 2.20. The summed E-state index contributed by atoms with van der Waals surface area (Å²) in [5.74, 6) is -18.3. The Morgan fingerprint density at radius 1 is 0.520 bits per heavy atom. The lowest BCUT2D eigenvalue weighted by molar-refractivity contribution is -0.146. The minimum absolute atomic E-state index is 0.0946. The number of hydrogen-bond acceptors (Lipinski definition) is 18. The Bertz CT molecular complexity index is 2180. The van der Waals surface area contributed by atoms with Crippen LogP contribution in [-0.4, -0.2) is 210 Å². The van der Waals surface area contributed by atoms with E-state index in [1.54, 1.807) is 0 Å². The van der Waals surface area contributed by atoms with Crippen LogP contribution in [0.2, 0.25) is 0 Å². The van der Waals surface area contributed by atoms with Gasteiger partial charge in [-0.1, -0.05) is 0 Å². The molecular weight excluding hydrogens is 1010 g/mol. The molecule has 12 amide bonds. The molecule has 0 spiro atoms. The van der Waals surface area contributed by atoms with Crippen LogP contribution in [0.15, 0.2) is 0 Å². The van der Waals surface area contributed by atoms with Crippen LogP contribution in [0.1, 0.15) is 86.0 Å². The molecule has 19 N–H and O–H groups in total. The van der Waals surface area contributed by atoms with Crippen molar-refractivity contribution in [1.82, 2.24) is 52.8 Å². The minimum atomic E-state index is -2.03. The third-order valence-electron chi connectivity index (χ3n) is 11.0. The molecule has 420 valence electrons. The molecule has 75 heavy (non-hydrogen) atoms. The lowest BCUT2D eigenvalue weighted by Crippen LogP contribution is -2.61. The number of nitrogens with zero attached hydrogens (tertiary/aromatic N) is 1. The van der Waals surface area contributed by atoms with Gasteiger partial charge in [-0.05, 0) is 53.4 Å². The summed E-state index contributed by atoms with van der Waals surface area (Å²) in [5.41, 5.74) is 10.3. The first-order chi connectivity index (χ1) is 34.8. The molecule has 0 aromatic heterocycles. The van der Waals surface area contributed by atoms with Gasteiger partial charge < -0.3 is 94.9 Å². The molecule has 1 heterocycles. The fourth-order valence-corrected chi connectivity index (χ4v) is 6.99. The summed E-state index contributed by atoms with van der Waals surface area (Å²) in [6.07, 6.45) is -8.06. The second kappa shape index (κ2) is 30.8. The lowest BCUT2D eigenvalue weighted by atomic mass is 10.1. The number of aliphatic hydroxyl groups excluding tert-OH is 3. The average Bonchev–Trinajstić information content (AvgIpc) is 3.80. The van der Waals surface area contributed by atoms with Gasteiger partial charge in [-0.2, -0.15) is 0 Å². The monoisotopic (exact) mass is 1070 g/mol. The number of aliphatic hydroxyl groups is 3. The number of carbonyl (C=O) groups excluding carboxylic acids is 12. The molecule has 0 bridgehead atoms. The Morgan fingerprint density at radius 3 is 1.39 bits per heavy atom. The van der Waals surface area contributed by atoms with E-state index in [0.29, 0.717) is 0 Å². The smallest absolute Gasteiger partial charge is 0.305 e. The zero-order chi connectivity index (χ0) is 57.6. The Balaban J connectivity index is 3.33. The minimum Gasteiger partial charge on any atom is -0.481 e. The van der Waals surface area contributed by atoms with E-state index in [2.05, 4.69) is 47.9 Å². The van der Waals surface area contributed by atoms with E-state index in [1.807, 2.05) is 0 Å². The van der Waals surface area contributed by atoms with Crippen LogP contribution >= 0.6 is 0 Å². The van der Waals surface area contributed by atoms with Crippen molar-refractivity contribution in [1.29, 1.82) is 0 Å². The lowest BCUT2D eigenvalue weighted by Gasteiger charge is -2.31. The van der Waals surface area contributed by atoms with E-state index in [-0.39, 0.29) is 19.4 Å². The Morgan fingerprint density at radius 2 is 0.933 bits per heavy atom. The summed E-state index contributed by atoms with van der Waals surface area (Å²) in [6, 6.07) is -17.2. The highest BCUT2D eigenvalue weighted by atomic mass is 16.4. The van der Waals surface area contributed by atoms with Crippen LogP contribution in [0.3, 0.4) is 0 Å². The van der Waals surface area contributed by atoms with Crippen LogP contribution in [-0.2, 0) is 71.9 Å². The summed E-state index contributed by atoms with van der Waals surface area (Å²) < 4.78 is 0. The third-order valence-corrected chi connectivity index (χ3v) is 11.0. The van der Waals surface area contributed by atoms with Gasteiger partial charge in [0.2, 0.25) is 70.9 Å². The summed E-state index contributed by atoms with van der Waals surface area (Å²) >= 11 is 0. The quantitative estimate of drug-likeness (QED) is 0.0297. The first kappa shape index (κ1) is 64.9. The molecule has 0 aliphatic carbocycles. The van der Waals surface area contributed by atoms with Gasteiger partial charge in [0.1, 0.15) is 60.4 Å². The number of primary amides is 2. The Hall–Kier alpha value is -8.07. The Labute approximate surface area is 426 Å². The molecule has 12 atom stereocenters. The molecule has 1 fully saturated rings. The van der Waals surface area contributed by atoms with E-state index in [4.69, 9.17) is 11.5 Å². The SMILES string of the molecule is CC(=O)N[C@H](C(=O)N[C@@H](CCC(N)=O)C(=O)N[C@@H](CC(=O)O)C(=O)N[C@@H](C)C(=O)N[C@@H](CCC(=O)O)C(=O)N[C@@H](CC(=O)O)C(=O)N1CCC[C@H]1C(=O)N[C@H](C(=O)N[C@@H](C)C(=O)N[C@@H](CO)C(N)=O)[C@@H](C)O)[C@@H](C)O. The van der Waals surface area contributed by atoms with Crippen molar-refractivity contribution < 1.29 is 103 Å². The molecule has 0 aromatic carbocycles. The van der Waals surface area contributed by atoms with E-state index in [9.17, 15) is 103 Å². The van der Waals surface area contributed by atoms with Gasteiger partial charge in [-0.15, -0.1) is 0 Å². The second-order valence-electron chi connectivity index (χ2n) is 17.3. The van der Waals surface area contributed by atoms with Crippen molar-refractivity contribution >= 4 is 88.8 Å². The number of aliphatic carboxylic acids is 3. The molecule has 0 saturated carbocycles. The number of nitrogens with one attached hydrogen (secondary N) is 9. The van der Waals surface area contributed by atoms with Gasteiger partial charge in [0.15, 0.2) is 0 Å². The molecule has 1 rings (SSSR count). The predicted molar refractivity (Wildman–Crippen MR) is 249 cm³/mol. The van der Waals surface area contributed by atoms with Crippen molar-refractivity contribution in [3.63, 3.8) is 0 Å². The molecule has 1 saturated heterocycles. The first-order valence-electron chi connectivity index (χ1n) is 23.0. The van der Waals surface area contributed by atoms with Gasteiger partial charge in [0, 0.05) is 26.3 Å². The third kappa shape index (κ3) is 22.3. The maximum atomic E-state index is 14.0. The molecule has 0 unspecified atom stereocenters. The van der Waals surface area contributed by atoms with Crippen LogP contribution in [0, 0.1) is 0 Å². The maximum absolute atomic E-state index is 14.0.